The Morgan fingerprint density at radius 3 is 2.25 bits per heavy atom. The smallest absolute Gasteiger partial charge is 0.176 e. The van der Waals surface area contributed by atoms with E-state index in [-0.39, 0.29) is 11.1 Å². The largest absolute Gasteiger partial charge is 0.317 e. The lowest BCUT2D eigenvalue weighted by molar-refractivity contribution is 0.589. The first kappa shape index (κ1) is 13.8. The van der Waals surface area contributed by atoms with E-state index in [0.29, 0.717) is 12.2 Å². The maximum absolute atomic E-state index is 9.09. The van der Waals surface area contributed by atoms with Crippen molar-refractivity contribution >= 4 is 0 Å². The van der Waals surface area contributed by atoms with Crippen LogP contribution in [0.4, 0.5) is 0 Å². The minimum atomic E-state index is 0.124. The number of hydrogen-bond donors (Lipinski definition) is 0. The molecule has 0 saturated carbocycles. The fraction of sp³-hybridized carbons (Fsp3) is 0.312. The third kappa shape index (κ3) is 2.70. The highest BCUT2D eigenvalue weighted by Crippen LogP contribution is 2.22. The predicted molar refractivity (Wildman–Crippen MR) is 75.9 cm³/mol. The average Bonchev–Trinajstić information content (AvgIpc) is 2.80. The minimum Gasteiger partial charge on any atom is -0.317 e. The summed E-state index contributed by atoms with van der Waals surface area (Å²) < 4.78 is 1.70. The van der Waals surface area contributed by atoms with Crippen LogP contribution in [0.2, 0.25) is 0 Å². The number of imidazole rings is 1. The van der Waals surface area contributed by atoms with Crippen LogP contribution < -0.4 is 0 Å². The van der Waals surface area contributed by atoms with E-state index in [9.17, 15) is 0 Å². The van der Waals surface area contributed by atoms with Gasteiger partial charge in [-0.05, 0) is 16.5 Å². The van der Waals surface area contributed by atoms with Crippen LogP contribution in [-0.4, -0.2) is 9.55 Å². The highest BCUT2D eigenvalue weighted by Gasteiger charge is 2.14. The second-order valence-electron chi connectivity index (χ2n) is 5.74. The van der Waals surface area contributed by atoms with E-state index < -0.39 is 0 Å². The van der Waals surface area contributed by atoms with E-state index in [2.05, 4.69) is 37.9 Å². The molecule has 2 aromatic rings. The SMILES string of the molecule is CC(C)(C)c1ccc(Cn2cnc(C#N)c2C#N)cc1. The van der Waals surface area contributed by atoms with Gasteiger partial charge in [-0.15, -0.1) is 0 Å². The molecule has 0 bridgehead atoms. The first-order valence-corrected chi connectivity index (χ1v) is 6.40. The van der Waals surface area contributed by atoms with Crippen LogP contribution in [0.1, 0.15) is 43.3 Å². The van der Waals surface area contributed by atoms with Crippen LogP contribution in [-0.2, 0) is 12.0 Å². The second-order valence-corrected chi connectivity index (χ2v) is 5.74. The summed E-state index contributed by atoms with van der Waals surface area (Å²) in [5, 5.41) is 18.0. The van der Waals surface area contributed by atoms with Gasteiger partial charge in [-0.3, -0.25) is 0 Å². The topological polar surface area (TPSA) is 65.4 Å². The van der Waals surface area contributed by atoms with Gasteiger partial charge in [0.05, 0.1) is 6.33 Å². The Labute approximate surface area is 118 Å². The summed E-state index contributed by atoms with van der Waals surface area (Å²) in [6, 6.07) is 12.3. The molecule has 20 heavy (non-hydrogen) atoms. The standard InChI is InChI=1S/C16H16N4/c1-16(2,3)13-6-4-12(5-7-13)10-20-11-19-14(8-17)15(20)9-18/h4-7,11H,10H2,1-3H3. The molecule has 2 rings (SSSR count). The van der Waals surface area contributed by atoms with Crippen molar-refractivity contribution in [2.75, 3.05) is 0 Å². The number of rotatable bonds is 2. The molecule has 0 atom stereocenters. The van der Waals surface area contributed by atoms with Gasteiger partial charge >= 0.3 is 0 Å². The molecule has 0 saturated heterocycles. The summed E-state index contributed by atoms with van der Waals surface area (Å²) in [5.41, 5.74) is 2.96. The van der Waals surface area contributed by atoms with Gasteiger partial charge in [0.15, 0.2) is 11.4 Å². The molecule has 0 fully saturated rings. The summed E-state index contributed by atoms with van der Waals surface area (Å²) in [6.07, 6.45) is 1.54. The number of nitriles is 2. The Bertz CT molecular complexity index is 688. The number of aromatic nitrogens is 2. The van der Waals surface area contributed by atoms with Gasteiger partial charge < -0.3 is 4.57 Å². The van der Waals surface area contributed by atoms with Gasteiger partial charge in [-0.1, -0.05) is 45.0 Å². The highest BCUT2D eigenvalue weighted by atomic mass is 15.1. The second kappa shape index (κ2) is 5.19. The predicted octanol–water partition coefficient (Wildman–Crippen LogP) is 2.97. The summed E-state index contributed by atoms with van der Waals surface area (Å²) in [4.78, 5) is 3.94. The van der Waals surface area contributed by atoms with Gasteiger partial charge in [-0.2, -0.15) is 10.5 Å². The Kier molecular flexibility index (Phi) is 3.59. The van der Waals surface area contributed by atoms with Crippen molar-refractivity contribution in [1.29, 1.82) is 10.5 Å². The van der Waals surface area contributed by atoms with Crippen molar-refractivity contribution in [2.24, 2.45) is 0 Å². The molecule has 1 aromatic carbocycles. The van der Waals surface area contributed by atoms with Crippen LogP contribution in [0, 0.1) is 22.7 Å². The number of hydrogen-bond acceptors (Lipinski definition) is 3. The molecular weight excluding hydrogens is 248 g/mol. The normalized spacial score (nSPS) is 10.8. The zero-order valence-corrected chi connectivity index (χ0v) is 11.9. The summed E-state index contributed by atoms with van der Waals surface area (Å²) in [5.74, 6) is 0. The molecule has 0 aliphatic heterocycles. The van der Waals surface area contributed by atoms with E-state index >= 15 is 0 Å². The summed E-state index contributed by atoms with van der Waals surface area (Å²) >= 11 is 0. The van der Waals surface area contributed by atoms with E-state index in [1.807, 2.05) is 24.3 Å². The highest BCUT2D eigenvalue weighted by molar-refractivity contribution is 5.37. The van der Waals surface area contributed by atoms with Gasteiger partial charge in [0.25, 0.3) is 0 Å². The Balaban J connectivity index is 2.26. The third-order valence-corrected chi connectivity index (χ3v) is 3.22. The van der Waals surface area contributed by atoms with Gasteiger partial charge in [0.2, 0.25) is 0 Å². The van der Waals surface area contributed by atoms with Gasteiger partial charge in [0.1, 0.15) is 12.1 Å². The van der Waals surface area contributed by atoms with Crippen molar-refractivity contribution in [2.45, 2.75) is 32.7 Å². The number of benzene rings is 1. The Morgan fingerprint density at radius 2 is 1.75 bits per heavy atom. The summed E-state index contributed by atoms with van der Waals surface area (Å²) in [6.45, 7) is 7.06. The molecule has 1 aromatic heterocycles. The van der Waals surface area contributed by atoms with Crippen molar-refractivity contribution < 1.29 is 0 Å². The molecule has 0 aliphatic carbocycles. The van der Waals surface area contributed by atoms with Crippen molar-refractivity contribution in [3.05, 3.63) is 53.1 Å². The van der Waals surface area contributed by atoms with Crippen LogP contribution in [0.15, 0.2) is 30.6 Å². The van der Waals surface area contributed by atoms with Crippen molar-refractivity contribution in [3.63, 3.8) is 0 Å². The monoisotopic (exact) mass is 264 g/mol. The minimum absolute atomic E-state index is 0.124. The quantitative estimate of drug-likeness (QED) is 0.837. The molecule has 0 unspecified atom stereocenters. The third-order valence-electron chi connectivity index (χ3n) is 3.22. The average molecular weight is 264 g/mol. The Hall–Kier alpha value is -2.59. The molecule has 0 spiro atoms. The first-order valence-electron chi connectivity index (χ1n) is 6.40. The molecule has 1 heterocycles. The fourth-order valence-corrected chi connectivity index (χ4v) is 2.01. The molecule has 4 heteroatoms. The lowest BCUT2D eigenvalue weighted by Gasteiger charge is -2.19. The van der Waals surface area contributed by atoms with Crippen molar-refractivity contribution in [3.8, 4) is 12.1 Å². The van der Waals surface area contributed by atoms with Gasteiger partial charge in [-0.25, -0.2) is 4.98 Å². The zero-order chi connectivity index (χ0) is 14.8. The number of nitrogens with zero attached hydrogens (tertiary/aromatic N) is 4. The van der Waals surface area contributed by atoms with E-state index in [4.69, 9.17) is 10.5 Å². The maximum Gasteiger partial charge on any atom is 0.176 e. The lowest BCUT2D eigenvalue weighted by Crippen LogP contribution is -2.11. The molecule has 0 N–H and O–H groups in total. The van der Waals surface area contributed by atoms with Crippen LogP contribution in [0.5, 0.6) is 0 Å². The first-order chi connectivity index (χ1) is 9.45. The van der Waals surface area contributed by atoms with Crippen LogP contribution in [0.3, 0.4) is 0 Å². The maximum atomic E-state index is 9.09. The molecule has 0 amide bonds. The fourth-order valence-electron chi connectivity index (χ4n) is 2.01. The van der Waals surface area contributed by atoms with Crippen molar-refractivity contribution in [1.82, 2.24) is 9.55 Å². The molecule has 100 valence electrons. The Morgan fingerprint density at radius 1 is 1.10 bits per heavy atom. The van der Waals surface area contributed by atoms with Gasteiger partial charge in [0, 0.05) is 6.54 Å². The summed E-state index contributed by atoms with van der Waals surface area (Å²) in [7, 11) is 0. The molecular formula is C16H16N4. The van der Waals surface area contributed by atoms with Crippen LogP contribution in [0.25, 0.3) is 0 Å². The van der Waals surface area contributed by atoms with E-state index in [0.717, 1.165) is 5.56 Å². The molecule has 4 nitrogen and oxygen atoms in total. The molecule has 0 radical (unpaired) electrons. The van der Waals surface area contributed by atoms with E-state index in [1.54, 1.807) is 4.57 Å². The lowest BCUT2D eigenvalue weighted by atomic mass is 9.87. The van der Waals surface area contributed by atoms with Crippen LogP contribution >= 0.6 is 0 Å². The zero-order valence-electron chi connectivity index (χ0n) is 11.9. The molecule has 0 aliphatic rings. The van der Waals surface area contributed by atoms with E-state index in [1.165, 1.54) is 11.9 Å².